The van der Waals surface area contributed by atoms with E-state index in [1.165, 1.54) is 0 Å². The van der Waals surface area contributed by atoms with Crippen LogP contribution in [0.25, 0.3) is 11.5 Å². The van der Waals surface area contributed by atoms with Crippen LogP contribution < -0.4 is 4.74 Å². The highest BCUT2D eigenvalue weighted by atomic mass is 16.5. The number of aliphatic hydroxyl groups excluding tert-OH is 1. The van der Waals surface area contributed by atoms with Gasteiger partial charge < -0.3 is 14.3 Å². The van der Waals surface area contributed by atoms with Crippen LogP contribution in [0, 0.1) is 0 Å². The van der Waals surface area contributed by atoms with Crippen LogP contribution in [-0.2, 0) is 0 Å². The molecule has 1 N–H and O–H groups in total. The Kier molecular flexibility index (Phi) is 4.39. The summed E-state index contributed by atoms with van der Waals surface area (Å²) in [5.41, 5.74) is 1.41. The van der Waals surface area contributed by atoms with E-state index in [0.29, 0.717) is 17.2 Å². The monoisotopic (exact) mass is 310 g/mol. The Morgan fingerprint density at radius 2 is 1.65 bits per heavy atom. The lowest BCUT2D eigenvalue weighted by atomic mass is 10.1. The molecule has 0 saturated carbocycles. The van der Waals surface area contributed by atoms with Gasteiger partial charge in [-0.15, -0.1) is 10.2 Å². The standard InChI is InChI=1S/C18H18N2O3/c1-12(2)22-15-11-7-6-10-14(15)16(21)18-20-19-17(23-18)13-8-4-3-5-9-13/h3-12,16,21H,1-2H3. The Bertz CT molecular complexity index is 769. The zero-order chi connectivity index (χ0) is 16.2. The maximum atomic E-state index is 10.6. The average Bonchev–Trinajstić information content (AvgIpc) is 3.05. The SMILES string of the molecule is CC(C)Oc1ccccc1C(O)c1nnc(-c2ccccc2)o1. The van der Waals surface area contributed by atoms with Gasteiger partial charge in [-0.1, -0.05) is 36.4 Å². The molecule has 1 heterocycles. The predicted octanol–water partition coefficient (Wildman–Crippen LogP) is 3.61. The van der Waals surface area contributed by atoms with Gasteiger partial charge in [0.2, 0.25) is 11.8 Å². The zero-order valence-corrected chi connectivity index (χ0v) is 13.0. The fourth-order valence-electron chi connectivity index (χ4n) is 2.24. The summed E-state index contributed by atoms with van der Waals surface area (Å²) in [6.07, 6.45) is -1.03. The van der Waals surface area contributed by atoms with Crippen molar-refractivity contribution in [2.75, 3.05) is 0 Å². The van der Waals surface area contributed by atoms with E-state index in [4.69, 9.17) is 9.15 Å². The highest BCUT2D eigenvalue weighted by Crippen LogP contribution is 2.31. The first kappa shape index (κ1) is 15.2. The second-order valence-corrected chi connectivity index (χ2v) is 5.42. The molecule has 0 bridgehead atoms. The van der Waals surface area contributed by atoms with Crippen molar-refractivity contribution in [1.29, 1.82) is 0 Å². The molecule has 2 aromatic carbocycles. The van der Waals surface area contributed by atoms with Gasteiger partial charge in [-0.25, -0.2) is 0 Å². The van der Waals surface area contributed by atoms with E-state index in [1.807, 2.05) is 62.4 Å². The molecule has 0 aliphatic carbocycles. The van der Waals surface area contributed by atoms with Crippen LogP contribution in [0.5, 0.6) is 5.75 Å². The molecular weight excluding hydrogens is 292 g/mol. The topological polar surface area (TPSA) is 68.4 Å². The van der Waals surface area contributed by atoms with E-state index in [2.05, 4.69) is 10.2 Å². The summed E-state index contributed by atoms with van der Waals surface area (Å²) in [5, 5.41) is 18.5. The van der Waals surface area contributed by atoms with Gasteiger partial charge in [0.1, 0.15) is 5.75 Å². The normalized spacial score (nSPS) is 12.3. The van der Waals surface area contributed by atoms with Crippen molar-refractivity contribution in [3.05, 3.63) is 66.1 Å². The first-order chi connectivity index (χ1) is 11.1. The number of ether oxygens (including phenoxy) is 1. The average molecular weight is 310 g/mol. The first-order valence-corrected chi connectivity index (χ1v) is 7.47. The second kappa shape index (κ2) is 6.62. The Hall–Kier alpha value is -2.66. The molecule has 5 nitrogen and oxygen atoms in total. The molecule has 3 rings (SSSR count). The summed E-state index contributed by atoms with van der Waals surface area (Å²) in [6, 6.07) is 16.7. The molecule has 1 unspecified atom stereocenters. The third-order valence-electron chi connectivity index (χ3n) is 3.27. The number of rotatable bonds is 5. The van der Waals surface area contributed by atoms with Crippen LogP contribution >= 0.6 is 0 Å². The highest BCUT2D eigenvalue weighted by Gasteiger charge is 2.22. The van der Waals surface area contributed by atoms with Gasteiger partial charge in [0.05, 0.1) is 6.10 Å². The Labute approximate surface area is 134 Å². The molecule has 0 radical (unpaired) electrons. The lowest BCUT2D eigenvalue weighted by molar-refractivity contribution is 0.171. The Balaban J connectivity index is 1.90. The molecule has 0 aliphatic rings. The largest absolute Gasteiger partial charge is 0.491 e. The van der Waals surface area contributed by atoms with E-state index >= 15 is 0 Å². The van der Waals surface area contributed by atoms with Crippen molar-refractivity contribution < 1.29 is 14.3 Å². The number of hydrogen-bond acceptors (Lipinski definition) is 5. The number of benzene rings is 2. The minimum absolute atomic E-state index is 0.00548. The smallest absolute Gasteiger partial charge is 0.250 e. The van der Waals surface area contributed by atoms with Crippen LogP contribution in [0.15, 0.2) is 59.0 Å². The van der Waals surface area contributed by atoms with Gasteiger partial charge in [-0.2, -0.15) is 0 Å². The summed E-state index contributed by atoms with van der Waals surface area (Å²) in [4.78, 5) is 0. The third kappa shape index (κ3) is 3.40. The summed E-state index contributed by atoms with van der Waals surface area (Å²) < 4.78 is 11.3. The van der Waals surface area contributed by atoms with E-state index in [1.54, 1.807) is 6.07 Å². The number of nitrogens with zero attached hydrogens (tertiary/aromatic N) is 2. The van der Waals surface area contributed by atoms with Crippen molar-refractivity contribution in [3.63, 3.8) is 0 Å². The van der Waals surface area contributed by atoms with Crippen LogP contribution in [0.2, 0.25) is 0 Å². The van der Waals surface area contributed by atoms with Gasteiger partial charge in [-0.3, -0.25) is 0 Å². The van der Waals surface area contributed by atoms with E-state index in [-0.39, 0.29) is 12.0 Å². The number of aromatic nitrogens is 2. The fraction of sp³-hybridized carbons (Fsp3) is 0.222. The van der Waals surface area contributed by atoms with Crippen LogP contribution in [-0.4, -0.2) is 21.4 Å². The molecule has 1 atom stereocenters. The van der Waals surface area contributed by atoms with E-state index in [0.717, 1.165) is 5.56 Å². The molecule has 1 aromatic heterocycles. The van der Waals surface area contributed by atoms with Crippen molar-refractivity contribution in [2.45, 2.75) is 26.1 Å². The maximum Gasteiger partial charge on any atom is 0.250 e. The molecular formula is C18H18N2O3. The van der Waals surface area contributed by atoms with Crippen LogP contribution in [0.4, 0.5) is 0 Å². The van der Waals surface area contributed by atoms with Crippen molar-refractivity contribution in [3.8, 4) is 17.2 Å². The van der Waals surface area contributed by atoms with Crippen molar-refractivity contribution in [2.24, 2.45) is 0 Å². The number of aliphatic hydroxyl groups is 1. The highest BCUT2D eigenvalue weighted by molar-refractivity contribution is 5.52. The second-order valence-electron chi connectivity index (χ2n) is 5.42. The molecule has 0 saturated heterocycles. The van der Waals surface area contributed by atoms with Gasteiger partial charge in [0.15, 0.2) is 6.10 Å². The van der Waals surface area contributed by atoms with Crippen molar-refractivity contribution >= 4 is 0 Å². The van der Waals surface area contributed by atoms with Gasteiger partial charge in [0, 0.05) is 11.1 Å². The number of para-hydroxylation sites is 1. The van der Waals surface area contributed by atoms with Crippen LogP contribution in [0.1, 0.15) is 31.4 Å². The van der Waals surface area contributed by atoms with Gasteiger partial charge in [-0.05, 0) is 32.0 Å². The van der Waals surface area contributed by atoms with Crippen LogP contribution in [0.3, 0.4) is 0 Å². The molecule has 3 aromatic rings. The quantitative estimate of drug-likeness (QED) is 0.779. The summed E-state index contributed by atoms with van der Waals surface area (Å²) >= 11 is 0. The maximum absolute atomic E-state index is 10.6. The predicted molar refractivity (Wildman–Crippen MR) is 86.0 cm³/mol. The van der Waals surface area contributed by atoms with Gasteiger partial charge >= 0.3 is 0 Å². The third-order valence-corrected chi connectivity index (χ3v) is 3.27. The minimum atomic E-state index is -1.03. The van der Waals surface area contributed by atoms with E-state index in [9.17, 15) is 5.11 Å². The molecule has 0 aliphatic heterocycles. The molecule has 118 valence electrons. The summed E-state index contributed by atoms with van der Waals surface area (Å²) in [5.74, 6) is 1.13. The number of hydrogen-bond donors (Lipinski definition) is 1. The molecule has 0 fully saturated rings. The lowest BCUT2D eigenvalue weighted by Crippen LogP contribution is -2.10. The minimum Gasteiger partial charge on any atom is -0.491 e. The summed E-state index contributed by atoms with van der Waals surface area (Å²) in [6.45, 7) is 3.87. The first-order valence-electron chi connectivity index (χ1n) is 7.47. The molecule has 0 amide bonds. The fourth-order valence-corrected chi connectivity index (χ4v) is 2.24. The van der Waals surface area contributed by atoms with Gasteiger partial charge in [0.25, 0.3) is 0 Å². The zero-order valence-electron chi connectivity index (χ0n) is 13.0. The Morgan fingerprint density at radius 1 is 0.957 bits per heavy atom. The molecule has 0 spiro atoms. The summed E-state index contributed by atoms with van der Waals surface area (Å²) in [7, 11) is 0. The van der Waals surface area contributed by atoms with Crippen molar-refractivity contribution in [1.82, 2.24) is 10.2 Å². The lowest BCUT2D eigenvalue weighted by Gasteiger charge is -2.16. The Morgan fingerprint density at radius 3 is 2.39 bits per heavy atom. The molecule has 5 heteroatoms. The molecule has 23 heavy (non-hydrogen) atoms. The van der Waals surface area contributed by atoms with E-state index < -0.39 is 6.10 Å².